The van der Waals surface area contributed by atoms with E-state index in [2.05, 4.69) is 0 Å². The fraction of sp³-hybridized carbons (Fsp3) is 0.667. The predicted octanol–water partition coefficient (Wildman–Crippen LogP) is 0.800. The quantitative estimate of drug-likeness (QED) is 0.401. The van der Waals surface area contributed by atoms with Crippen molar-refractivity contribution in [3.63, 3.8) is 0 Å². The largest absolute Gasteiger partial charge is 0.303 e. The van der Waals surface area contributed by atoms with E-state index >= 15 is 0 Å². The summed E-state index contributed by atoms with van der Waals surface area (Å²) in [4.78, 5) is 20.4. The molecule has 0 unspecified atom stereocenters. The van der Waals surface area contributed by atoms with Gasteiger partial charge in [0.1, 0.15) is 12.1 Å². The van der Waals surface area contributed by atoms with Crippen molar-refractivity contribution in [1.29, 1.82) is 0 Å². The van der Waals surface area contributed by atoms with E-state index in [0.717, 1.165) is 0 Å². The predicted molar refractivity (Wildman–Crippen MR) is 30.5 cm³/mol. The molecule has 0 heterocycles. The number of carbonyl (C=O) groups excluding carboxylic acids is 2. The van der Waals surface area contributed by atoms with Crippen LogP contribution in [-0.4, -0.2) is 12.1 Å². The Bertz CT molecular complexity index is 96.7. The monoisotopic (exact) mass is 114 g/mol. The lowest BCUT2D eigenvalue weighted by Crippen LogP contribution is -2.09. The second-order valence-corrected chi connectivity index (χ2v) is 1.74. The molecule has 0 aliphatic rings. The molecule has 0 spiro atoms. The summed E-state index contributed by atoms with van der Waals surface area (Å²) < 4.78 is 0. The first kappa shape index (κ1) is 7.34. The zero-order chi connectivity index (χ0) is 6.57. The Morgan fingerprint density at radius 1 is 1.75 bits per heavy atom. The highest BCUT2D eigenvalue weighted by Crippen LogP contribution is 1.94. The van der Waals surface area contributed by atoms with E-state index in [-0.39, 0.29) is 5.78 Å². The maximum atomic E-state index is 10.5. The van der Waals surface area contributed by atoms with Gasteiger partial charge in [0.15, 0.2) is 0 Å². The molecule has 0 aromatic carbocycles. The average Bonchev–Trinajstić information content (AvgIpc) is 1.84. The van der Waals surface area contributed by atoms with Crippen LogP contribution in [0.4, 0.5) is 0 Å². The molecule has 2 nitrogen and oxygen atoms in total. The summed E-state index contributed by atoms with van der Waals surface area (Å²) in [5.74, 6) is -0.389. The Morgan fingerprint density at radius 2 is 2.25 bits per heavy atom. The number of aldehydes is 1. The van der Waals surface area contributed by atoms with Crippen LogP contribution < -0.4 is 0 Å². The Hall–Kier alpha value is -0.660. The van der Waals surface area contributed by atoms with Gasteiger partial charge < -0.3 is 4.79 Å². The van der Waals surface area contributed by atoms with E-state index in [4.69, 9.17) is 0 Å². The molecule has 8 heavy (non-hydrogen) atoms. The molecule has 2 heteroatoms. The van der Waals surface area contributed by atoms with Crippen molar-refractivity contribution in [3.8, 4) is 0 Å². The van der Waals surface area contributed by atoms with Crippen LogP contribution in [0.3, 0.4) is 0 Å². The van der Waals surface area contributed by atoms with Crippen molar-refractivity contribution in [1.82, 2.24) is 0 Å². The van der Waals surface area contributed by atoms with Crippen molar-refractivity contribution < 1.29 is 9.59 Å². The molecule has 0 rings (SSSR count). The standard InChI is InChI=1S/C6H10O2/c1-3-6(8)5(2)4-7/h4-5H,3H2,1-2H3/t5-/m1/s1. The SMILES string of the molecule is CCC(=O)[C@H](C)C=O. The molecule has 0 amide bonds. The Balaban J connectivity index is 3.62. The zero-order valence-corrected chi connectivity index (χ0v) is 5.18. The van der Waals surface area contributed by atoms with Crippen molar-refractivity contribution in [2.75, 3.05) is 0 Å². The van der Waals surface area contributed by atoms with Crippen molar-refractivity contribution in [3.05, 3.63) is 0 Å². The molecule has 0 aliphatic carbocycles. The number of Topliss-reactive ketones (excluding diaryl/α,β-unsaturated/α-hetero) is 1. The second-order valence-electron chi connectivity index (χ2n) is 1.74. The summed E-state index contributed by atoms with van der Waals surface area (Å²) in [5.41, 5.74) is 0. The first-order valence-electron chi connectivity index (χ1n) is 2.70. The van der Waals surface area contributed by atoms with Gasteiger partial charge in [-0.05, 0) is 6.92 Å². The van der Waals surface area contributed by atoms with Crippen LogP contribution in [0.25, 0.3) is 0 Å². The summed E-state index contributed by atoms with van der Waals surface area (Å²) in [6.45, 7) is 3.36. The van der Waals surface area contributed by atoms with Crippen LogP contribution in [0.2, 0.25) is 0 Å². The molecule has 0 aliphatic heterocycles. The first-order valence-corrected chi connectivity index (χ1v) is 2.70. The number of ketones is 1. The lowest BCUT2D eigenvalue weighted by molar-refractivity contribution is -0.126. The van der Waals surface area contributed by atoms with E-state index in [9.17, 15) is 9.59 Å². The summed E-state index contributed by atoms with van der Waals surface area (Å²) in [7, 11) is 0. The van der Waals surface area contributed by atoms with Gasteiger partial charge in [-0.3, -0.25) is 4.79 Å². The van der Waals surface area contributed by atoms with Gasteiger partial charge in [-0.15, -0.1) is 0 Å². The number of carbonyl (C=O) groups is 2. The van der Waals surface area contributed by atoms with Gasteiger partial charge in [0, 0.05) is 6.42 Å². The molecule has 1 atom stereocenters. The van der Waals surface area contributed by atoms with Crippen molar-refractivity contribution >= 4 is 12.1 Å². The molecule has 0 aromatic heterocycles. The van der Waals surface area contributed by atoms with Crippen molar-refractivity contribution in [2.24, 2.45) is 5.92 Å². The van der Waals surface area contributed by atoms with Gasteiger partial charge in [0.05, 0.1) is 5.92 Å². The van der Waals surface area contributed by atoms with E-state index < -0.39 is 5.92 Å². The molecular weight excluding hydrogens is 104 g/mol. The fourth-order valence-electron chi connectivity index (χ4n) is 0.398. The highest BCUT2D eigenvalue weighted by atomic mass is 16.1. The van der Waals surface area contributed by atoms with Gasteiger partial charge in [0.2, 0.25) is 0 Å². The fourth-order valence-corrected chi connectivity index (χ4v) is 0.398. The van der Waals surface area contributed by atoms with E-state index in [1.54, 1.807) is 13.8 Å². The van der Waals surface area contributed by atoms with Crippen LogP contribution in [0.5, 0.6) is 0 Å². The molecule has 46 valence electrons. The normalized spacial score (nSPS) is 12.8. The van der Waals surface area contributed by atoms with E-state index in [1.807, 2.05) is 0 Å². The molecule has 0 radical (unpaired) electrons. The molecule has 0 bridgehead atoms. The molecule has 0 aromatic rings. The Morgan fingerprint density at radius 3 is 2.38 bits per heavy atom. The first-order chi connectivity index (χ1) is 3.72. The third kappa shape index (κ3) is 1.87. The van der Waals surface area contributed by atoms with Gasteiger partial charge in [-0.1, -0.05) is 6.92 Å². The second kappa shape index (κ2) is 3.36. The molecule has 0 saturated carbocycles. The molecule has 0 N–H and O–H groups in total. The van der Waals surface area contributed by atoms with Gasteiger partial charge in [0.25, 0.3) is 0 Å². The molecule has 0 saturated heterocycles. The number of hydrogen-bond acceptors (Lipinski definition) is 2. The number of rotatable bonds is 3. The van der Waals surface area contributed by atoms with Gasteiger partial charge in [-0.25, -0.2) is 0 Å². The van der Waals surface area contributed by atoms with E-state index in [0.29, 0.717) is 12.7 Å². The van der Waals surface area contributed by atoms with Gasteiger partial charge >= 0.3 is 0 Å². The molecular formula is C6H10O2. The zero-order valence-electron chi connectivity index (χ0n) is 5.18. The summed E-state index contributed by atoms with van der Waals surface area (Å²) >= 11 is 0. The highest BCUT2D eigenvalue weighted by Gasteiger charge is 2.06. The minimum Gasteiger partial charge on any atom is -0.303 e. The third-order valence-electron chi connectivity index (χ3n) is 1.06. The lowest BCUT2D eigenvalue weighted by Gasteiger charge is -1.95. The minimum absolute atomic E-state index is 0.0139. The van der Waals surface area contributed by atoms with Gasteiger partial charge in [-0.2, -0.15) is 0 Å². The Labute approximate surface area is 48.9 Å². The maximum absolute atomic E-state index is 10.5. The minimum atomic E-state index is -0.403. The summed E-state index contributed by atoms with van der Waals surface area (Å²) in [6, 6.07) is 0. The van der Waals surface area contributed by atoms with E-state index in [1.165, 1.54) is 0 Å². The van der Waals surface area contributed by atoms with Crippen LogP contribution in [0, 0.1) is 5.92 Å². The maximum Gasteiger partial charge on any atom is 0.142 e. The lowest BCUT2D eigenvalue weighted by atomic mass is 10.1. The van der Waals surface area contributed by atoms with Crippen LogP contribution in [0.1, 0.15) is 20.3 Å². The smallest absolute Gasteiger partial charge is 0.142 e. The summed E-state index contributed by atoms with van der Waals surface area (Å²) in [5, 5.41) is 0. The Kier molecular flexibility index (Phi) is 3.08. The van der Waals surface area contributed by atoms with Crippen molar-refractivity contribution in [2.45, 2.75) is 20.3 Å². The third-order valence-corrected chi connectivity index (χ3v) is 1.06. The number of hydrogen-bond donors (Lipinski definition) is 0. The highest BCUT2D eigenvalue weighted by molar-refractivity contribution is 5.92. The summed E-state index contributed by atoms with van der Waals surface area (Å²) in [6.07, 6.45) is 1.13. The topological polar surface area (TPSA) is 34.1 Å². The average molecular weight is 114 g/mol. The van der Waals surface area contributed by atoms with Crippen LogP contribution in [-0.2, 0) is 9.59 Å². The van der Waals surface area contributed by atoms with Crippen LogP contribution >= 0.6 is 0 Å². The molecule has 0 fully saturated rings. The van der Waals surface area contributed by atoms with Crippen LogP contribution in [0.15, 0.2) is 0 Å².